The van der Waals surface area contributed by atoms with Crippen molar-refractivity contribution in [3.63, 3.8) is 0 Å². The van der Waals surface area contributed by atoms with Gasteiger partial charge in [0.25, 0.3) is 0 Å². The van der Waals surface area contributed by atoms with Gasteiger partial charge in [-0.3, -0.25) is 14.4 Å². The van der Waals surface area contributed by atoms with Gasteiger partial charge in [-0.2, -0.15) is 0 Å². The molecule has 3 unspecified atom stereocenters. The van der Waals surface area contributed by atoms with Gasteiger partial charge in [-0.25, -0.2) is 0 Å². The molecule has 6 atom stereocenters. The zero-order valence-corrected chi connectivity index (χ0v) is 24.0. The number of fused-ring (bicyclic) bond motifs is 1. The Morgan fingerprint density at radius 1 is 1.13 bits per heavy atom. The van der Waals surface area contributed by atoms with Gasteiger partial charge in [-0.15, -0.1) is 13.2 Å². The largest absolute Gasteiger partial charge is 0.396 e. The number of carbonyl (C=O) groups is 3. The number of rotatable bonds is 16. The third-order valence-corrected chi connectivity index (χ3v) is 9.11. The Balaban J connectivity index is 2.04. The van der Waals surface area contributed by atoms with E-state index < -0.39 is 29.1 Å². The fourth-order valence-corrected chi connectivity index (χ4v) is 7.24. The van der Waals surface area contributed by atoms with Crippen LogP contribution in [0.2, 0.25) is 0 Å². The minimum Gasteiger partial charge on any atom is -0.396 e. The number of aliphatic hydroxyl groups is 1. The predicted molar refractivity (Wildman–Crippen MR) is 148 cm³/mol. The number of hydrogen-bond acceptors (Lipinski definition) is 5. The molecule has 3 aliphatic heterocycles. The third-order valence-electron chi connectivity index (χ3n) is 9.11. The van der Waals surface area contributed by atoms with Crippen molar-refractivity contribution in [2.75, 3.05) is 33.3 Å². The molecule has 0 saturated carbocycles. The van der Waals surface area contributed by atoms with Gasteiger partial charge in [0.1, 0.15) is 11.6 Å². The summed E-state index contributed by atoms with van der Waals surface area (Å²) in [7, 11) is 1.74. The van der Waals surface area contributed by atoms with E-state index in [0.717, 1.165) is 38.5 Å². The minimum absolute atomic E-state index is 0.00246. The molecule has 8 nitrogen and oxygen atoms in total. The van der Waals surface area contributed by atoms with Crippen LogP contribution >= 0.6 is 0 Å². The smallest absolute Gasteiger partial charge is 0.248 e. The van der Waals surface area contributed by atoms with Gasteiger partial charge >= 0.3 is 0 Å². The van der Waals surface area contributed by atoms with Crippen LogP contribution in [0.3, 0.4) is 0 Å². The van der Waals surface area contributed by atoms with E-state index in [1.54, 1.807) is 29.0 Å². The summed E-state index contributed by atoms with van der Waals surface area (Å²) in [6, 6.07) is -0.759. The summed E-state index contributed by atoms with van der Waals surface area (Å²) in [5.41, 5.74) is -1.74. The number of carbonyl (C=O) groups excluding carboxylic acids is 3. The van der Waals surface area contributed by atoms with Gasteiger partial charge in [0.15, 0.2) is 0 Å². The highest BCUT2D eigenvalue weighted by molar-refractivity contribution is 5.99. The van der Waals surface area contributed by atoms with E-state index in [9.17, 15) is 14.4 Å². The van der Waals surface area contributed by atoms with Crippen molar-refractivity contribution >= 4 is 17.7 Å². The molecule has 0 aliphatic carbocycles. The molecule has 0 radical (unpaired) electrons. The molecule has 0 aromatic heterocycles. The molecule has 38 heavy (non-hydrogen) atoms. The predicted octanol–water partition coefficient (Wildman–Crippen LogP) is 3.54. The number of ether oxygens (including phenoxy) is 1. The topological polar surface area (TPSA) is 90.4 Å². The number of aliphatic hydroxyl groups excluding tert-OH is 1. The monoisotopic (exact) mass is 531 g/mol. The van der Waals surface area contributed by atoms with E-state index in [4.69, 9.17) is 9.84 Å². The van der Waals surface area contributed by atoms with E-state index in [-0.39, 0.29) is 30.4 Å². The Bertz CT molecular complexity index is 893. The summed E-state index contributed by atoms with van der Waals surface area (Å²) >= 11 is 0. The fourth-order valence-electron chi connectivity index (χ4n) is 7.24. The van der Waals surface area contributed by atoms with Crippen LogP contribution in [0.5, 0.6) is 0 Å². The van der Waals surface area contributed by atoms with E-state index in [0.29, 0.717) is 38.9 Å². The molecule has 3 saturated heterocycles. The van der Waals surface area contributed by atoms with Crippen LogP contribution < -0.4 is 0 Å². The Hall–Kier alpha value is -2.19. The molecule has 1 N–H and O–H groups in total. The van der Waals surface area contributed by atoms with Crippen LogP contribution in [0.15, 0.2) is 25.3 Å². The lowest BCUT2D eigenvalue weighted by atomic mass is 9.64. The number of nitrogens with zero attached hydrogens (tertiary/aromatic N) is 3. The molecule has 214 valence electrons. The first kappa shape index (κ1) is 30.4. The van der Waals surface area contributed by atoms with Crippen LogP contribution in [0.25, 0.3) is 0 Å². The van der Waals surface area contributed by atoms with E-state index in [2.05, 4.69) is 20.1 Å². The maximum atomic E-state index is 14.4. The number of hydrogen-bond donors (Lipinski definition) is 1. The summed E-state index contributed by atoms with van der Waals surface area (Å²) < 4.78 is 6.89. The number of unbranched alkanes of at least 4 members (excludes halogenated alkanes) is 3. The molecule has 0 aromatic rings. The Labute approximate surface area is 229 Å². The molecule has 1 spiro atoms. The zero-order chi connectivity index (χ0) is 28.1. The summed E-state index contributed by atoms with van der Waals surface area (Å²) in [4.78, 5) is 47.7. The van der Waals surface area contributed by atoms with Crippen LogP contribution in [0, 0.1) is 11.8 Å². The van der Waals surface area contributed by atoms with Crippen LogP contribution in [-0.4, -0.2) is 94.1 Å². The Morgan fingerprint density at radius 3 is 2.42 bits per heavy atom. The lowest BCUT2D eigenvalue weighted by Gasteiger charge is -2.39. The van der Waals surface area contributed by atoms with Crippen molar-refractivity contribution in [1.29, 1.82) is 0 Å². The molecule has 3 aliphatic rings. The maximum absolute atomic E-state index is 14.4. The lowest BCUT2D eigenvalue weighted by Crippen LogP contribution is -2.58. The summed E-state index contributed by atoms with van der Waals surface area (Å²) in [6.45, 7) is 15.2. The lowest BCUT2D eigenvalue weighted by molar-refractivity contribution is -0.155. The Kier molecular flexibility index (Phi) is 10.2. The van der Waals surface area contributed by atoms with Gasteiger partial charge in [-0.1, -0.05) is 45.3 Å². The standard InChI is InChI=1S/C30H49N3O5/c1-7-15-22(5)32(19-9-3)28(37)25-30-17-16-29(10-4,38-30)23(26(35)31(6)18-8-2)24(30)27(36)33(25)20-13-11-12-14-21-34/h8-9,22-25,34H,2-3,7,10-21H2,1,4-6H3/t22?,23-,24+,25?,29+,30?/m1/s1. The average molecular weight is 532 g/mol. The highest BCUT2D eigenvalue weighted by Crippen LogP contribution is 2.64. The van der Waals surface area contributed by atoms with Crippen LogP contribution in [0.1, 0.15) is 78.6 Å². The Morgan fingerprint density at radius 2 is 1.82 bits per heavy atom. The van der Waals surface area contributed by atoms with Crippen molar-refractivity contribution in [1.82, 2.24) is 14.7 Å². The molecule has 3 rings (SSSR count). The van der Waals surface area contributed by atoms with Gasteiger partial charge in [0.05, 0.1) is 17.4 Å². The van der Waals surface area contributed by atoms with Crippen molar-refractivity contribution < 1.29 is 24.2 Å². The molecular weight excluding hydrogens is 482 g/mol. The third kappa shape index (κ3) is 5.18. The van der Waals surface area contributed by atoms with Crippen molar-refractivity contribution in [3.8, 4) is 0 Å². The molecule has 3 heterocycles. The first-order chi connectivity index (χ1) is 18.2. The van der Waals surface area contributed by atoms with E-state index >= 15 is 0 Å². The molecule has 0 aromatic carbocycles. The van der Waals surface area contributed by atoms with E-state index in [1.165, 1.54) is 0 Å². The zero-order valence-electron chi connectivity index (χ0n) is 24.0. The quantitative estimate of drug-likeness (QED) is 0.243. The van der Waals surface area contributed by atoms with E-state index in [1.807, 2.05) is 18.7 Å². The van der Waals surface area contributed by atoms with Crippen molar-refractivity contribution in [2.24, 2.45) is 11.8 Å². The second kappa shape index (κ2) is 12.8. The summed E-state index contributed by atoms with van der Waals surface area (Å²) in [5.74, 6) is -1.63. The summed E-state index contributed by atoms with van der Waals surface area (Å²) in [6.07, 6.45) is 10.3. The number of likely N-dealkylation sites (tertiary alicyclic amines) is 1. The minimum atomic E-state index is -1.00. The van der Waals surface area contributed by atoms with Gasteiger partial charge in [0, 0.05) is 39.3 Å². The first-order valence-electron chi connectivity index (χ1n) is 14.6. The molecule has 8 heteroatoms. The molecule has 3 amide bonds. The first-order valence-corrected chi connectivity index (χ1v) is 14.6. The molecule has 2 bridgehead atoms. The molecule has 3 fully saturated rings. The van der Waals surface area contributed by atoms with Gasteiger partial charge in [-0.05, 0) is 45.4 Å². The van der Waals surface area contributed by atoms with Crippen LogP contribution in [-0.2, 0) is 19.1 Å². The highest BCUT2D eigenvalue weighted by atomic mass is 16.5. The van der Waals surface area contributed by atoms with Crippen molar-refractivity contribution in [3.05, 3.63) is 25.3 Å². The number of amides is 3. The summed E-state index contributed by atoms with van der Waals surface area (Å²) in [5, 5.41) is 9.15. The average Bonchev–Trinajstić information content (AvgIpc) is 3.50. The maximum Gasteiger partial charge on any atom is 0.248 e. The fraction of sp³-hybridized carbons (Fsp3) is 0.767. The normalized spacial score (nSPS) is 30.3. The van der Waals surface area contributed by atoms with Gasteiger partial charge in [0.2, 0.25) is 17.7 Å². The van der Waals surface area contributed by atoms with Gasteiger partial charge < -0.3 is 24.5 Å². The highest BCUT2D eigenvalue weighted by Gasteiger charge is 2.78. The second-order valence-corrected chi connectivity index (χ2v) is 11.4. The molecular formula is C30H49N3O5. The second-order valence-electron chi connectivity index (χ2n) is 11.4. The number of likely N-dealkylation sites (N-methyl/N-ethyl adjacent to an activating group) is 1. The SMILES string of the molecule is C=CCN(C)C(=O)[C@H]1[C@H]2C(=O)N(CCCCCCO)C(C(=O)N(CC=C)C(C)CCC)C23CC[C@]1(CC)O3. The van der Waals surface area contributed by atoms with Crippen molar-refractivity contribution in [2.45, 2.75) is 102 Å². The van der Waals surface area contributed by atoms with Crippen LogP contribution in [0.4, 0.5) is 0 Å².